The molecule has 1 aromatic carbocycles. The fraction of sp³-hybridized carbons (Fsp3) is 0.333. The highest BCUT2D eigenvalue weighted by molar-refractivity contribution is 6.00. The van der Waals surface area contributed by atoms with Gasteiger partial charge in [0, 0.05) is 23.4 Å². The molecular weight excluding hydrogens is 237 g/mol. The van der Waals surface area contributed by atoms with Crippen LogP contribution in [0.4, 0.5) is 10.1 Å². The first-order valence-corrected chi connectivity index (χ1v) is 5.60. The number of nitrogens with zero attached hydrogens (tertiary/aromatic N) is 1. The van der Waals surface area contributed by atoms with Crippen LogP contribution in [0, 0.1) is 0 Å². The Hall–Kier alpha value is -1.95. The minimum Gasteiger partial charge on any atom is -0.366 e. The van der Waals surface area contributed by atoms with Crippen LogP contribution in [0.15, 0.2) is 18.2 Å². The lowest BCUT2D eigenvalue weighted by molar-refractivity contribution is -0.118. The number of nitrogens with two attached hydrogens (primary N) is 2. The van der Waals surface area contributed by atoms with Crippen LogP contribution in [0.1, 0.15) is 22.3 Å². The molecule has 2 rings (SSSR count). The van der Waals surface area contributed by atoms with Crippen molar-refractivity contribution in [2.24, 2.45) is 11.5 Å². The van der Waals surface area contributed by atoms with E-state index < -0.39 is 18.6 Å². The molecule has 0 bridgehead atoms. The van der Waals surface area contributed by atoms with Crippen LogP contribution < -0.4 is 16.4 Å². The first-order chi connectivity index (χ1) is 8.54. The minimum atomic E-state index is -0.768. The van der Waals surface area contributed by atoms with E-state index in [0.29, 0.717) is 18.7 Å². The van der Waals surface area contributed by atoms with E-state index in [-0.39, 0.29) is 17.0 Å². The van der Waals surface area contributed by atoms with Crippen LogP contribution in [0.3, 0.4) is 0 Å². The number of amides is 2. The van der Waals surface area contributed by atoms with Crippen LogP contribution >= 0.6 is 0 Å². The van der Waals surface area contributed by atoms with E-state index in [1.54, 1.807) is 0 Å². The Morgan fingerprint density at radius 2 is 2.22 bits per heavy atom. The highest BCUT2D eigenvalue weighted by Gasteiger charge is 2.30. The van der Waals surface area contributed by atoms with E-state index in [9.17, 15) is 14.0 Å². The second kappa shape index (κ2) is 4.73. The molecule has 1 aromatic rings. The van der Waals surface area contributed by atoms with Gasteiger partial charge < -0.3 is 16.4 Å². The number of anilines is 1. The summed E-state index contributed by atoms with van der Waals surface area (Å²) in [7, 11) is 0. The summed E-state index contributed by atoms with van der Waals surface area (Å²) in [5.41, 5.74) is 11.7. The van der Waals surface area contributed by atoms with Gasteiger partial charge in [0.15, 0.2) is 0 Å². The Labute approximate surface area is 104 Å². The van der Waals surface area contributed by atoms with Gasteiger partial charge in [-0.1, -0.05) is 0 Å². The summed E-state index contributed by atoms with van der Waals surface area (Å²) in [6.45, 7) is -0.307. The maximum atomic E-state index is 13.0. The Bertz CT molecular complexity index is 504. The van der Waals surface area contributed by atoms with Gasteiger partial charge in [0.1, 0.15) is 6.67 Å². The fourth-order valence-corrected chi connectivity index (χ4v) is 2.05. The predicted molar refractivity (Wildman–Crippen MR) is 64.7 cm³/mol. The number of carbonyl (C=O) groups is 2. The standard InChI is InChI=1S/C12H14FN3O2/c13-6-8-5-7(11(15)17)1-2-10(8)16-4-3-9(14)12(16)18/h1-2,5,9H,3-4,6,14H2,(H2,15,17). The lowest BCUT2D eigenvalue weighted by Gasteiger charge is -2.19. The zero-order valence-electron chi connectivity index (χ0n) is 9.73. The summed E-state index contributed by atoms with van der Waals surface area (Å²) in [4.78, 5) is 24.2. The second-order valence-corrected chi connectivity index (χ2v) is 4.23. The normalized spacial score (nSPS) is 19.3. The minimum absolute atomic E-state index is 0.224. The number of carbonyl (C=O) groups excluding carboxylic acids is 2. The molecule has 0 spiro atoms. The summed E-state index contributed by atoms with van der Waals surface area (Å²) in [6, 6.07) is 3.85. The van der Waals surface area contributed by atoms with Gasteiger partial charge in [-0.15, -0.1) is 0 Å². The van der Waals surface area contributed by atoms with E-state index in [2.05, 4.69) is 0 Å². The number of rotatable bonds is 3. The molecular formula is C12H14FN3O2. The molecule has 0 saturated carbocycles. The molecule has 1 aliphatic heterocycles. The average molecular weight is 251 g/mol. The lowest BCUT2D eigenvalue weighted by atomic mass is 10.1. The third-order valence-electron chi connectivity index (χ3n) is 3.05. The monoisotopic (exact) mass is 251 g/mol. The lowest BCUT2D eigenvalue weighted by Crippen LogP contribution is -2.34. The maximum absolute atomic E-state index is 13.0. The Kier molecular flexibility index (Phi) is 3.29. The third-order valence-corrected chi connectivity index (χ3v) is 3.05. The quantitative estimate of drug-likeness (QED) is 0.810. The van der Waals surface area contributed by atoms with E-state index >= 15 is 0 Å². The largest absolute Gasteiger partial charge is 0.366 e. The van der Waals surface area contributed by atoms with Crippen LogP contribution in [0.25, 0.3) is 0 Å². The van der Waals surface area contributed by atoms with Gasteiger partial charge in [-0.3, -0.25) is 9.59 Å². The predicted octanol–water partition coefficient (Wildman–Crippen LogP) is 0.319. The van der Waals surface area contributed by atoms with Gasteiger partial charge in [-0.2, -0.15) is 0 Å². The number of hydrogen-bond donors (Lipinski definition) is 2. The first kappa shape index (κ1) is 12.5. The van der Waals surface area contributed by atoms with Crippen molar-refractivity contribution in [3.8, 4) is 0 Å². The molecule has 96 valence electrons. The number of hydrogen-bond acceptors (Lipinski definition) is 3. The summed E-state index contributed by atoms with van der Waals surface area (Å²) in [5.74, 6) is -0.850. The third kappa shape index (κ3) is 2.06. The van der Waals surface area contributed by atoms with Gasteiger partial charge in [0.2, 0.25) is 11.8 Å². The van der Waals surface area contributed by atoms with Gasteiger partial charge in [0.25, 0.3) is 0 Å². The van der Waals surface area contributed by atoms with Crippen molar-refractivity contribution in [2.45, 2.75) is 19.1 Å². The van der Waals surface area contributed by atoms with Crippen molar-refractivity contribution in [1.29, 1.82) is 0 Å². The van der Waals surface area contributed by atoms with E-state index in [4.69, 9.17) is 11.5 Å². The van der Waals surface area contributed by atoms with Gasteiger partial charge in [-0.25, -0.2) is 4.39 Å². The number of halogens is 1. The smallest absolute Gasteiger partial charge is 0.248 e. The second-order valence-electron chi connectivity index (χ2n) is 4.23. The number of alkyl halides is 1. The van der Waals surface area contributed by atoms with Gasteiger partial charge in [0.05, 0.1) is 6.04 Å². The highest BCUT2D eigenvalue weighted by atomic mass is 19.1. The first-order valence-electron chi connectivity index (χ1n) is 5.60. The van der Waals surface area contributed by atoms with Crippen molar-refractivity contribution < 1.29 is 14.0 Å². The molecule has 0 aromatic heterocycles. The van der Waals surface area contributed by atoms with E-state index in [1.165, 1.54) is 23.1 Å². The van der Waals surface area contributed by atoms with Crippen LogP contribution in [-0.2, 0) is 11.5 Å². The van der Waals surface area contributed by atoms with Crippen LogP contribution in [0.2, 0.25) is 0 Å². The molecule has 1 heterocycles. The molecule has 1 aliphatic rings. The summed E-state index contributed by atoms with van der Waals surface area (Å²) in [5, 5.41) is 0. The topological polar surface area (TPSA) is 89.4 Å². The zero-order valence-corrected chi connectivity index (χ0v) is 9.73. The molecule has 0 aliphatic carbocycles. The SMILES string of the molecule is NC(=O)c1ccc(N2CCC(N)C2=O)c(CF)c1. The molecule has 6 heteroatoms. The van der Waals surface area contributed by atoms with Crippen LogP contribution in [0.5, 0.6) is 0 Å². The number of benzene rings is 1. The average Bonchev–Trinajstić information content (AvgIpc) is 2.69. The number of primary amides is 1. The molecule has 1 fully saturated rings. The molecule has 1 atom stereocenters. The molecule has 1 saturated heterocycles. The van der Waals surface area contributed by atoms with E-state index in [0.717, 1.165) is 0 Å². The maximum Gasteiger partial charge on any atom is 0.248 e. The Balaban J connectivity index is 2.39. The Morgan fingerprint density at radius 1 is 1.50 bits per heavy atom. The molecule has 0 radical (unpaired) electrons. The van der Waals surface area contributed by atoms with E-state index in [1.807, 2.05) is 0 Å². The van der Waals surface area contributed by atoms with Crippen molar-refractivity contribution >= 4 is 17.5 Å². The summed E-state index contributed by atoms with van der Waals surface area (Å²) in [6.07, 6.45) is 0.544. The van der Waals surface area contributed by atoms with Crippen LogP contribution in [-0.4, -0.2) is 24.4 Å². The van der Waals surface area contributed by atoms with Crippen molar-refractivity contribution in [1.82, 2.24) is 0 Å². The molecule has 18 heavy (non-hydrogen) atoms. The Morgan fingerprint density at radius 3 is 2.72 bits per heavy atom. The molecule has 5 nitrogen and oxygen atoms in total. The van der Waals surface area contributed by atoms with Gasteiger partial charge in [-0.05, 0) is 24.6 Å². The summed E-state index contributed by atoms with van der Waals surface area (Å²) >= 11 is 0. The van der Waals surface area contributed by atoms with Crippen molar-refractivity contribution in [3.05, 3.63) is 29.3 Å². The van der Waals surface area contributed by atoms with Crippen molar-refractivity contribution in [3.63, 3.8) is 0 Å². The fourth-order valence-electron chi connectivity index (χ4n) is 2.05. The molecule has 4 N–H and O–H groups in total. The van der Waals surface area contributed by atoms with Gasteiger partial charge >= 0.3 is 0 Å². The zero-order chi connectivity index (χ0) is 13.3. The molecule has 2 amide bonds. The van der Waals surface area contributed by atoms with Crippen molar-refractivity contribution in [2.75, 3.05) is 11.4 Å². The highest BCUT2D eigenvalue weighted by Crippen LogP contribution is 2.27. The summed E-state index contributed by atoms with van der Waals surface area (Å²) < 4.78 is 13.0. The molecule has 1 unspecified atom stereocenters.